The first-order valence-electron chi connectivity index (χ1n) is 6.30. The molecule has 0 saturated carbocycles. The third-order valence-corrected chi connectivity index (χ3v) is 4.62. The topological polar surface area (TPSA) is 4.93 Å². The Hall–Kier alpha value is -1.50. The van der Waals surface area contributed by atoms with Crippen molar-refractivity contribution in [2.75, 3.05) is 0 Å². The largest absolute Gasteiger partial charge is 0.416 e. The lowest BCUT2D eigenvalue weighted by Crippen LogP contribution is -2.04. The van der Waals surface area contributed by atoms with Gasteiger partial charge in [0.15, 0.2) is 0 Å². The molecular formula is C16H11F3IN. The van der Waals surface area contributed by atoms with Gasteiger partial charge < -0.3 is 4.57 Å². The normalized spacial score (nSPS) is 12.0. The maximum atomic E-state index is 12.6. The van der Waals surface area contributed by atoms with Crippen LogP contribution in [0.5, 0.6) is 0 Å². The van der Waals surface area contributed by atoms with Crippen LogP contribution in [0.3, 0.4) is 0 Å². The van der Waals surface area contributed by atoms with Crippen LogP contribution in [0, 0.1) is 3.57 Å². The minimum absolute atomic E-state index is 0.625. The van der Waals surface area contributed by atoms with Crippen molar-refractivity contribution in [3.8, 4) is 11.3 Å². The number of fused-ring (bicyclic) bond motifs is 1. The molecule has 1 heterocycles. The Morgan fingerprint density at radius 1 is 0.952 bits per heavy atom. The molecule has 0 radical (unpaired) electrons. The highest BCUT2D eigenvalue weighted by Gasteiger charge is 2.30. The van der Waals surface area contributed by atoms with E-state index >= 15 is 0 Å². The average Bonchev–Trinajstić information content (AvgIpc) is 2.71. The Bertz CT molecular complexity index is 762. The number of aromatic nitrogens is 1. The molecule has 0 spiro atoms. The number of rotatable bonds is 1. The van der Waals surface area contributed by atoms with Crippen molar-refractivity contribution in [2.24, 2.45) is 7.05 Å². The van der Waals surface area contributed by atoms with E-state index in [4.69, 9.17) is 0 Å². The highest BCUT2D eigenvalue weighted by atomic mass is 127. The number of alkyl halides is 3. The smallest absolute Gasteiger partial charge is 0.343 e. The van der Waals surface area contributed by atoms with E-state index in [2.05, 4.69) is 22.6 Å². The zero-order valence-corrected chi connectivity index (χ0v) is 13.2. The summed E-state index contributed by atoms with van der Waals surface area (Å²) in [6, 6.07) is 13.2. The lowest BCUT2D eigenvalue weighted by atomic mass is 10.1. The van der Waals surface area contributed by atoms with Crippen molar-refractivity contribution < 1.29 is 13.2 Å². The van der Waals surface area contributed by atoms with Gasteiger partial charge in [0.1, 0.15) is 0 Å². The first kappa shape index (κ1) is 14.4. The molecule has 108 valence electrons. The van der Waals surface area contributed by atoms with Crippen molar-refractivity contribution in [3.63, 3.8) is 0 Å². The van der Waals surface area contributed by atoms with Gasteiger partial charge in [-0.1, -0.05) is 30.3 Å². The molecule has 0 aliphatic carbocycles. The van der Waals surface area contributed by atoms with Gasteiger partial charge in [0.05, 0.1) is 11.3 Å². The standard InChI is InChI=1S/C16H11F3IN/c1-21-13-5-3-2-4-12(13)14(20)15(21)10-6-8-11(9-7-10)16(17,18)19/h2-9H,1H3. The second-order valence-electron chi connectivity index (χ2n) is 4.81. The predicted molar refractivity (Wildman–Crippen MR) is 86.1 cm³/mol. The minimum atomic E-state index is -4.30. The molecule has 0 fully saturated rings. The summed E-state index contributed by atoms with van der Waals surface area (Å²) < 4.78 is 41.0. The van der Waals surface area contributed by atoms with Gasteiger partial charge >= 0.3 is 6.18 Å². The zero-order chi connectivity index (χ0) is 15.2. The molecule has 3 aromatic rings. The fourth-order valence-electron chi connectivity index (χ4n) is 2.48. The molecule has 1 aromatic heterocycles. The van der Waals surface area contributed by atoms with Gasteiger partial charge in [-0.15, -0.1) is 0 Å². The highest BCUT2D eigenvalue weighted by molar-refractivity contribution is 14.1. The molecule has 0 aliphatic rings. The first-order chi connectivity index (χ1) is 9.89. The van der Waals surface area contributed by atoms with Crippen LogP contribution >= 0.6 is 22.6 Å². The molecule has 0 amide bonds. The molecule has 2 aromatic carbocycles. The third-order valence-electron chi connectivity index (χ3n) is 3.53. The number of hydrogen-bond acceptors (Lipinski definition) is 0. The number of nitrogens with zero attached hydrogens (tertiary/aromatic N) is 1. The molecule has 0 unspecified atom stereocenters. The molecule has 0 saturated heterocycles. The Morgan fingerprint density at radius 3 is 2.14 bits per heavy atom. The fraction of sp³-hybridized carbons (Fsp3) is 0.125. The Kier molecular flexibility index (Phi) is 3.47. The molecule has 3 rings (SSSR count). The van der Waals surface area contributed by atoms with Crippen LogP contribution in [0.4, 0.5) is 13.2 Å². The molecule has 0 atom stereocenters. The summed E-state index contributed by atoms with van der Waals surface area (Å²) in [4.78, 5) is 0. The summed E-state index contributed by atoms with van der Waals surface area (Å²) in [5, 5.41) is 1.11. The molecule has 0 bridgehead atoms. The summed E-state index contributed by atoms with van der Waals surface area (Å²) in [7, 11) is 1.93. The zero-order valence-electron chi connectivity index (χ0n) is 11.1. The lowest BCUT2D eigenvalue weighted by molar-refractivity contribution is -0.137. The average molecular weight is 401 g/mol. The summed E-state index contributed by atoms with van der Waals surface area (Å²) >= 11 is 2.24. The van der Waals surface area contributed by atoms with E-state index in [-0.39, 0.29) is 0 Å². The van der Waals surface area contributed by atoms with Crippen molar-refractivity contribution in [2.45, 2.75) is 6.18 Å². The number of hydrogen-bond donors (Lipinski definition) is 0. The van der Waals surface area contributed by atoms with E-state index in [0.29, 0.717) is 0 Å². The number of para-hydroxylation sites is 1. The van der Waals surface area contributed by atoms with E-state index in [0.717, 1.165) is 37.9 Å². The Balaban J connectivity index is 2.17. The second kappa shape index (κ2) is 5.05. The molecule has 0 aliphatic heterocycles. The molecular weight excluding hydrogens is 390 g/mol. The predicted octanol–water partition coefficient (Wildman–Crippen LogP) is 5.47. The Labute approximate surface area is 133 Å². The highest BCUT2D eigenvalue weighted by Crippen LogP contribution is 2.36. The van der Waals surface area contributed by atoms with Crippen molar-refractivity contribution in [3.05, 3.63) is 57.7 Å². The van der Waals surface area contributed by atoms with Gasteiger partial charge in [-0.05, 0) is 46.4 Å². The van der Waals surface area contributed by atoms with Crippen LogP contribution in [0.2, 0.25) is 0 Å². The van der Waals surface area contributed by atoms with Crippen LogP contribution in [-0.2, 0) is 13.2 Å². The molecule has 5 heteroatoms. The van der Waals surface area contributed by atoms with Crippen LogP contribution in [0.25, 0.3) is 22.2 Å². The monoisotopic (exact) mass is 401 g/mol. The van der Waals surface area contributed by atoms with Crippen LogP contribution in [0.15, 0.2) is 48.5 Å². The van der Waals surface area contributed by atoms with E-state index in [1.54, 1.807) is 0 Å². The van der Waals surface area contributed by atoms with Gasteiger partial charge in [0.25, 0.3) is 0 Å². The van der Waals surface area contributed by atoms with Crippen LogP contribution in [0.1, 0.15) is 5.56 Å². The third kappa shape index (κ3) is 2.43. The fourth-order valence-corrected chi connectivity index (χ4v) is 3.61. The maximum absolute atomic E-state index is 12.6. The van der Waals surface area contributed by atoms with E-state index in [1.165, 1.54) is 12.1 Å². The van der Waals surface area contributed by atoms with E-state index < -0.39 is 11.7 Å². The maximum Gasteiger partial charge on any atom is 0.416 e. The van der Waals surface area contributed by atoms with Crippen molar-refractivity contribution in [1.29, 1.82) is 0 Å². The van der Waals surface area contributed by atoms with Crippen LogP contribution in [-0.4, -0.2) is 4.57 Å². The van der Waals surface area contributed by atoms with Crippen molar-refractivity contribution >= 4 is 33.5 Å². The van der Waals surface area contributed by atoms with Gasteiger partial charge in [0, 0.05) is 21.5 Å². The molecule has 1 nitrogen and oxygen atoms in total. The Morgan fingerprint density at radius 2 is 1.57 bits per heavy atom. The first-order valence-corrected chi connectivity index (χ1v) is 7.38. The quantitative estimate of drug-likeness (QED) is 0.477. The molecule has 21 heavy (non-hydrogen) atoms. The van der Waals surface area contributed by atoms with Crippen LogP contribution < -0.4 is 0 Å². The summed E-state index contributed by atoms with van der Waals surface area (Å²) in [5.74, 6) is 0. The van der Waals surface area contributed by atoms with Gasteiger partial charge in [-0.25, -0.2) is 0 Å². The summed E-state index contributed by atoms with van der Waals surface area (Å²) in [6.07, 6.45) is -4.30. The van der Waals surface area contributed by atoms with Gasteiger partial charge in [0.2, 0.25) is 0 Å². The number of benzene rings is 2. The van der Waals surface area contributed by atoms with Crippen molar-refractivity contribution in [1.82, 2.24) is 4.57 Å². The number of halogens is 4. The second-order valence-corrected chi connectivity index (χ2v) is 5.89. The van der Waals surface area contributed by atoms with E-state index in [9.17, 15) is 13.2 Å². The SMILES string of the molecule is Cn1c(-c2ccc(C(F)(F)F)cc2)c(I)c2ccccc21. The number of aryl methyl sites for hydroxylation is 1. The van der Waals surface area contributed by atoms with Gasteiger partial charge in [-0.3, -0.25) is 0 Å². The summed E-state index contributed by atoms with van der Waals surface area (Å²) in [6.45, 7) is 0. The van der Waals surface area contributed by atoms with Gasteiger partial charge in [-0.2, -0.15) is 13.2 Å². The lowest BCUT2D eigenvalue weighted by Gasteiger charge is -2.09. The minimum Gasteiger partial charge on any atom is -0.343 e. The summed E-state index contributed by atoms with van der Waals surface area (Å²) in [5.41, 5.74) is 2.16. The van der Waals surface area contributed by atoms with E-state index in [1.807, 2.05) is 35.9 Å². The molecule has 0 N–H and O–H groups in total.